The van der Waals surface area contributed by atoms with Crippen molar-refractivity contribution in [3.8, 4) is 5.75 Å². The van der Waals surface area contributed by atoms with Crippen LogP contribution in [0.3, 0.4) is 0 Å². The van der Waals surface area contributed by atoms with Gasteiger partial charge < -0.3 is 10.4 Å². The zero-order chi connectivity index (χ0) is 13.2. The second kappa shape index (κ2) is 5.08. The molecule has 88 valence electrons. The first kappa shape index (κ1) is 13.4. The summed E-state index contributed by atoms with van der Waals surface area (Å²) in [6, 6.07) is 1.66. The van der Waals surface area contributed by atoms with Gasteiger partial charge in [0.15, 0.2) is 0 Å². The SMILES string of the molecule is [B]c1cc(NC(=O)C=C)c(C(C)C)c(O)c1C. The molecule has 1 amide bonds. The van der Waals surface area contributed by atoms with Crippen LogP contribution in [0.15, 0.2) is 18.7 Å². The molecule has 0 aliphatic rings. The van der Waals surface area contributed by atoms with Crippen molar-refractivity contribution in [3.63, 3.8) is 0 Å². The average Bonchev–Trinajstić information content (AvgIpc) is 2.25. The summed E-state index contributed by atoms with van der Waals surface area (Å²) in [6.07, 6.45) is 1.18. The highest BCUT2D eigenvalue weighted by molar-refractivity contribution is 6.34. The van der Waals surface area contributed by atoms with Crippen LogP contribution in [-0.2, 0) is 4.79 Å². The summed E-state index contributed by atoms with van der Waals surface area (Å²) in [5, 5.41) is 12.7. The highest BCUT2D eigenvalue weighted by Gasteiger charge is 2.16. The van der Waals surface area contributed by atoms with E-state index in [4.69, 9.17) is 7.85 Å². The molecule has 0 aliphatic heterocycles. The number of anilines is 1. The van der Waals surface area contributed by atoms with Crippen LogP contribution in [-0.4, -0.2) is 18.9 Å². The summed E-state index contributed by atoms with van der Waals surface area (Å²) < 4.78 is 0. The monoisotopic (exact) mass is 229 g/mol. The second-order valence-corrected chi connectivity index (χ2v) is 4.25. The third kappa shape index (κ3) is 2.70. The van der Waals surface area contributed by atoms with E-state index in [0.29, 0.717) is 22.3 Å². The molecule has 4 heteroatoms. The van der Waals surface area contributed by atoms with Gasteiger partial charge in [-0.2, -0.15) is 0 Å². The minimum atomic E-state index is -0.324. The second-order valence-electron chi connectivity index (χ2n) is 4.25. The Hall–Kier alpha value is -1.71. The molecule has 0 saturated carbocycles. The first-order chi connectivity index (χ1) is 7.88. The highest BCUT2D eigenvalue weighted by Crippen LogP contribution is 2.34. The van der Waals surface area contributed by atoms with Crippen LogP contribution in [0.1, 0.15) is 30.9 Å². The van der Waals surface area contributed by atoms with Crippen molar-refractivity contribution >= 4 is 24.9 Å². The van der Waals surface area contributed by atoms with Gasteiger partial charge in [0, 0.05) is 11.3 Å². The number of rotatable bonds is 3. The molecule has 0 spiro atoms. The predicted molar refractivity (Wildman–Crippen MR) is 71.1 cm³/mol. The van der Waals surface area contributed by atoms with Crippen LogP contribution >= 0.6 is 0 Å². The van der Waals surface area contributed by atoms with Gasteiger partial charge in [-0.05, 0) is 30.5 Å². The van der Waals surface area contributed by atoms with E-state index in [2.05, 4.69) is 11.9 Å². The number of nitrogens with one attached hydrogen (secondary N) is 1. The van der Waals surface area contributed by atoms with Crippen LogP contribution in [0.2, 0.25) is 0 Å². The van der Waals surface area contributed by atoms with Crippen LogP contribution in [0.4, 0.5) is 5.69 Å². The molecular weight excluding hydrogens is 213 g/mol. The lowest BCUT2D eigenvalue weighted by Gasteiger charge is -2.18. The van der Waals surface area contributed by atoms with E-state index in [1.165, 1.54) is 6.08 Å². The Morgan fingerprint density at radius 1 is 1.59 bits per heavy atom. The summed E-state index contributed by atoms with van der Waals surface area (Å²) >= 11 is 0. The molecule has 1 aromatic carbocycles. The molecule has 1 aromatic rings. The van der Waals surface area contributed by atoms with Crippen LogP contribution in [0, 0.1) is 6.92 Å². The zero-order valence-corrected chi connectivity index (χ0v) is 10.4. The Balaban J connectivity index is 3.37. The number of hydrogen-bond acceptors (Lipinski definition) is 2. The van der Waals surface area contributed by atoms with E-state index in [1.807, 2.05) is 13.8 Å². The zero-order valence-electron chi connectivity index (χ0n) is 10.4. The molecule has 0 fully saturated rings. The quantitative estimate of drug-likeness (QED) is 0.612. The molecule has 0 heterocycles. The van der Waals surface area contributed by atoms with E-state index in [9.17, 15) is 9.90 Å². The van der Waals surface area contributed by atoms with E-state index in [-0.39, 0.29) is 17.6 Å². The molecule has 0 aliphatic carbocycles. The minimum absolute atomic E-state index is 0.0782. The lowest BCUT2D eigenvalue weighted by Crippen LogP contribution is -2.16. The molecule has 0 aromatic heterocycles. The molecule has 0 unspecified atom stereocenters. The number of phenols is 1. The topological polar surface area (TPSA) is 49.3 Å². The van der Waals surface area contributed by atoms with Gasteiger partial charge in [0.1, 0.15) is 13.6 Å². The maximum atomic E-state index is 11.3. The molecule has 1 rings (SSSR count). The van der Waals surface area contributed by atoms with Crippen LogP contribution < -0.4 is 10.8 Å². The van der Waals surface area contributed by atoms with E-state index < -0.39 is 0 Å². The molecule has 17 heavy (non-hydrogen) atoms. The standard InChI is InChI=1S/C13H16BNO2/c1-5-11(16)15-10-6-9(14)8(4)13(17)12(10)7(2)3/h5-7,17H,1H2,2-4H3,(H,15,16). The molecule has 2 N–H and O–H groups in total. The van der Waals surface area contributed by atoms with E-state index >= 15 is 0 Å². The summed E-state index contributed by atoms with van der Waals surface area (Å²) in [5.41, 5.74) is 2.30. The number of hydrogen-bond donors (Lipinski definition) is 2. The molecule has 3 nitrogen and oxygen atoms in total. The van der Waals surface area contributed by atoms with Gasteiger partial charge in [0.05, 0.1) is 0 Å². The van der Waals surface area contributed by atoms with E-state index in [1.54, 1.807) is 13.0 Å². The van der Waals surface area contributed by atoms with Crippen molar-refractivity contribution in [2.75, 3.05) is 5.32 Å². The first-order valence-electron chi connectivity index (χ1n) is 5.43. The third-order valence-corrected chi connectivity index (χ3v) is 2.65. The van der Waals surface area contributed by atoms with Gasteiger partial charge in [-0.1, -0.05) is 25.9 Å². The number of amides is 1. The summed E-state index contributed by atoms with van der Waals surface area (Å²) in [5.74, 6) is -0.108. The van der Waals surface area contributed by atoms with Crippen molar-refractivity contribution in [2.24, 2.45) is 0 Å². The number of carbonyl (C=O) groups excluding carboxylic acids is 1. The maximum absolute atomic E-state index is 11.3. The number of aromatic hydroxyl groups is 1. The van der Waals surface area contributed by atoms with Crippen molar-refractivity contribution in [3.05, 3.63) is 29.8 Å². The molecule has 0 atom stereocenters. The minimum Gasteiger partial charge on any atom is -0.507 e. The first-order valence-corrected chi connectivity index (χ1v) is 5.43. The normalized spacial score (nSPS) is 10.4. The summed E-state index contributed by atoms with van der Waals surface area (Å²) in [6.45, 7) is 9.01. The fourth-order valence-corrected chi connectivity index (χ4v) is 1.68. The predicted octanol–water partition coefficient (Wildman–Crippen LogP) is 1.74. The Morgan fingerprint density at radius 3 is 2.65 bits per heavy atom. The number of benzene rings is 1. The van der Waals surface area contributed by atoms with Gasteiger partial charge in [-0.15, -0.1) is 0 Å². The number of carbonyl (C=O) groups is 1. The molecule has 2 radical (unpaired) electrons. The van der Waals surface area contributed by atoms with Crippen molar-refractivity contribution < 1.29 is 9.90 Å². The third-order valence-electron chi connectivity index (χ3n) is 2.65. The number of phenolic OH excluding ortho intramolecular Hbond substituents is 1. The van der Waals surface area contributed by atoms with Gasteiger partial charge in [0.2, 0.25) is 5.91 Å². The van der Waals surface area contributed by atoms with Crippen molar-refractivity contribution in [2.45, 2.75) is 26.7 Å². The van der Waals surface area contributed by atoms with E-state index in [0.717, 1.165) is 0 Å². The fourth-order valence-electron chi connectivity index (χ4n) is 1.68. The van der Waals surface area contributed by atoms with Crippen LogP contribution in [0.25, 0.3) is 0 Å². The Kier molecular flexibility index (Phi) is 3.99. The molecule has 0 saturated heterocycles. The van der Waals surface area contributed by atoms with Gasteiger partial charge >= 0.3 is 0 Å². The largest absolute Gasteiger partial charge is 0.507 e. The van der Waals surface area contributed by atoms with Gasteiger partial charge in [-0.3, -0.25) is 4.79 Å². The lowest BCUT2D eigenvalue weighted by molar-refractivity contribution is -0.111. The van der Waals surface area contributed by atoms with Crippen molar-refractivity contribution in [1.29, 1.82) is 0 Å². The Labute approximate surface area is 103 Å². The fraction of sp³-hybridized carbons (Fsp3) is 0.308. The Bertz CT molecular complexity index is 467. The summed E-state index contributed by atoms with van der Waals surface area (Å²) in [4.78, 5) is 11.3. The average molecular weight is 229 g/mol. The lowest BCUT2D eigenvalue weighted by atomic mass is 9.85. The molecule has 0 bridgehead atoms. The summed E-state index contributed by atoms with van der Waals surface area (Å²) in [7, 11) is 5.77. The van der Waals surface area contributed by atoms with Gasteiger partial charge in [-0.25, -0.2) is 0 Å². The smallest absolute Gasteiger partial charge is 0.247 e. The Morgan fingerprint density at radius 2 is 2.18 bits per heavy atom. The van der Waals surface area contributed by atoms with Gasteiger partial charge in [0.25, 0.3) is 0 Å². The molecular formula is C13H16BNO2. The van der Waals surface area contributed by atoms with Crippen molar-refractivity contribution in [1.82, 2.24) is 0 Å². The maximum Gasteiger partial charge on any atom is 0.247 e. The van der Waals surface area contributed by atoms with Crippen LogP contribution in [0.5, 0.6) is 5.75 Å². The highest BCUT2D eigenvalue weighted by atomic mass is 16.3.